The first kappa shape index (κ1) is 26.7. The number of nitrogens with one attached hydrogen (secondary N) is 1. The summed E-state index contributed by atoms with van der Waals surface area (Å²) in [5, 5.41) is 3.51. The molecular formula is C21H37N3O7. The first-order valence-corrected chi connectivity index (χ1v) is 10.6. The average molecular weight is 444 g/mol. The van der Waals surface area contributed by atoms with Crippen LogP contribution >= 0.6 is 0 Å². The van der Waals surface area contributed by atoms with Crippen LogP contribution in [0.3, 0.4) is 0 Å². The molecule has 0 bridgehead atoms. The molecule has 1 unspecified atom stereocenters. The molecule has 2 atom stereocenters. The zero-order chi connectivity index (χ0) is 24.0. The van der Waals surface area contributed by atoms with E-state index in [4.69, 9.17) is 14.3 Å². The molecule has 0 radical (unpaired) electrons. The van der Waals surface area contributed by atoms with Crippen molar-refractivity contribution in [3.8, 4) is 0 Å². The maximum Gasteiger partial charge on any atom is 0.417 e. The lowest BCUT2D eigenvalue weighted by atomic mass is 9.91. The Morgan fingerprint density at radius 2 is 1.90 bits per heavy atom. The normalized spacial score (nSPS) is 19.0. The first-order valence-electron chi connectivity index (χ1n) is 10.6. The predicted molar refractivity (Wildman–Crippen MR) is 113 cm³/mol. The Hall–Kier alpha value is -2.36. The van der Waals surface area contributed by atoms with Crippen LogP contribution in [0.15, 0.2) is 0 Å². The fourth-order valence-corrected chi connectivity index (χ4v) is 3.42. The van der Waals surface area contributed by atoms with Crippen LogP contribution in [-0.4, -0.2) is 71.9 Å². The fraction of sp³-hybridized carbons (Fsp3) is 0.810. The highest BCUT2D eigenvalue weighted by atomic mass is 16.7. The summed E-state index contributed by atoms with van der Waals surface area (Å²) in [7, 11) is 2.73. The van der Waals surface area contributed by atoms with Crippen molar-refractivity contribution in [3.05, 3.63) is 0 Å². The third-order valence-corrected chi connectivity index (χ3v) is 4.92. The molecule has 31 heavy (non-hydrogen) atoms. The molecule has 0 aromatic heterocycles. The molecule has 10 heteroatoms. The first-order chi connectivity index (χ1) is 14.2. The van der Waals surface area contributed by atoms with E-state index in [9.17, 15) is 19.2 Å². The molecule has 1 N–H and O–H groups in total. The molecule has 0 saturated carbocycles. The standard InChI is InChI=1S/C21H37N3O7/c1-9-10-11-30-19(28)24-16(25)14(13-21(24,5)6)12-15(17(26)23(7)29-8)22-18(27)31-20(2,3)4/h14-15H,9-13H2,1-8H3,(H,22,27)/t14?,15-/m0/s1. The average Bonchev–Trinajstić information content (AvgIpc) is 2.86. The molecule has 4 amide bonds. The Morgan fingerprint density at radius 3 is 2.42 bits per heavy atom. The van der Waals surface area contributed by atoms with E-state index >= 15 is 0 Å². The van der Waals surface area contributed by atoms with Gasteiger partial charge in [-0.2, -0.15) is 0 Å². The second-order valence-corrected chi connectivity index (χ2v) is 9.31. The lowest BCUT2D eigenvalue weighted by Gasteiger charge is -2.28. The molecule has 178 valence electrons. The Kier molecular flexibility index (Phi) is 9.28. The Labute approximate surface area is 184 Å². The summed E-state index contributed by atoms with van der Waals surface area (Å²) >= 11 is 0. The zero-order valence-electron chi connectivity index (χ0n) is 19.9. The number of ether oxygens (including phenoxy) is 2. The molecule has 1 aliphatic rings. The number of amides is 4. The third-order valence-electron chi connectivity index (χ3n) is 4.92. The van der Waals surface area contributed by atoms with Crippen molar-refractivity contribution in [1.82, 2.24) is 15.3 Å². The number of hydrogen-bond donors (Lipinski definition) is 1. The van der Waals surface area contributed by atoms with E-state index in [0.29, 0.717) is 12.8 Å². The molecule has 0 aromatic carbocycles. The lowest BCUT2D eigenvalue weighted by Crippen LogP contribution is -2.50. The van der Waals surface area contributed by atoms with Crippen molar-refractivity contribution in [2.45, 2.75) is 84.4 Å². The van der Waals surface area contributed by atoms with Crippen molar-refractivity contribution < 1.29 is 33.5 Å². The summed E-state index contributed by atoms with van der Waals surface area (Å²) in [5.74, 6) is -1.64. The summed E-state index contributed by atoms with van der Waals surface area (Å²) in [6, 6.07) is -1.07. The molecule has 1 fully saturated rings. The van der Waals surface area contributed by atoms with E-state index in [1.807, 2.05) is 6.92 Å². The summed E-state index contributed by atoms with van der Waals surface area (Å²) < 4.78 is 10.5. The van der Waals surface area contributed by atoms with E-state index < -0.39 is 47.1 Å². The van der Waals surface area contributed by atoms with Gasteiger partial charge in [0.1, 0.15) is 11.6 Å². The van der Waals surface area contributed by atoms with Gasteiger partial charge in [-0.05, 0) is 53.9 Å². The number of likely N-dealkylation sites (N-methyl/N-ethyl adjacent to an activating group) is 1. The van der Waals surface area contributed by atoms with Crippen molar-refractivity contribution in [1.29, 1.82) is 0 Å². The van der Waals surface area contributed by atoms with Crippen molar-refractivity contribution in [3.63, 3.8) is 0 Å². The topological polar surface area (TPSA) is 114 Å². The van der Waals surface area contributed by atoms with Crippen molar-refractivity contribution in [2.24, 2.45) is 5.92 Å². The predicted octanol–water partition coefficient (Wildman–Crippen LogP) is 2.85. The van der Waals surface area contributed by atoms with Gasteiger partial charge in [0.25, 0.3) is 5.91 Å². The van der Waals surface area contributed by atoms with Crippen LogP contribution in [0.4, 0.5) is 9.59 Å². The maximum absolute atomic E-state index is 13.0. The van der Waals surface area contributed by atoms with Crippen LogP contribution in [-0.2, 0) is 23.9 Å². The number of carbonyl (C=O) groups is 4. The zero-order valence-corrected chi connectivity index (χ0v) is 19.9. The molecule has 1 saturated heterocycles. The minimum absolute atomic E-state index is 0.00716. The highest BCUT2D eigenvalue weighted by Crippen LogP contribution is 2.37. The van der Waals surface area contributed by atoms with Crippen LogP contribution in [0, 0.1) is 5.92 Å². The van der Waals surface area contributed by atoms with Gasteiger partial charge in [0.15, 0.2) is 0 Å². The quantitative estimate of drug-likeness (QED) is 0.453. The molecule has 1 rings (SSSR count). The smallest absolute Gasteiger partial charge is 0.417 e. The molecule has 0 spiro atoms. The number of hydroxylamine groups is 2. The third kappa shape index (κ3) is 7.68. The maximum atomic E-state index is 13.0. The summed E-state index contributed by atoms with van der Waals surface area (Å²) in [5.41, 5.74) is -1.53. The SMILES string of the molecule is CCCCOC(=O)N1C(=O)C(C[C@H](NC(=O)OC(C)(C)C)C(=O)N(C)OC)CC1(C)C. The number of likely N-dealkylation sites (tertiary alicyclic amines) is 1. The highest BCUT2D eigenvalue weighted by molar-refractivity contribution is 5.97. The minimum atomic E-state index is -1.07. The number of unbranched alkanes of at least 4 members (excludes halogenated alkanes) is 1. The van der Waals surface area contributed by atoms with Crippen LogP contribution < -0.4 is 5.32 Å². The molecule has 1 aliphatic heterocycles. The number of imide groups is 1. The van der Waals surface area contributed by atoms with Crippen LogP contribution in [0.25, 0.3) is 0 Å². The Bertz CT molecular complexity index is 672. The number of alkyl carbamates (subject to hydrolysis) is 1. The van der Waals surface area contributed by atoms with Crippen LogP contribution in [0.5, 0.6) is 0 Å². The number of rotatable bonds is 8. The fourth-order valence-electron chi connectivity index (χ4n) is 3.42. The van der Waals surface area contributed by atoms with Gasteiger partial charge in [0.05, 0.1) is 13.7 Å². The molecule has 1 heterocycles. The van der Waals surface area contributed by atoms with E-state index in [-0.39, 0.29) is 13.0 Å². The summed E-state index contributed by atoms with van der Waals surface area (Å²) in [6.07, 6.45) is 0.411. The Morgan fingerprint density at radius 1 is 1.29 bits per heavy atom. The van der Waals surface area contributed by atoms with E-state index in [0.717, 1.165) is 16.4 Å². The largest absolute Gasteiger partial charge is 0.449 e. The van der Waals surface area contributed by atoms with Gasteiger partial charge >= 0.3 is 12.2 Å². The van der Waals surface area contributed by atoms with Gasteiger partial charge in [-0.25, -0.2) is 19.6 Å². The molecular weight excluding hydrogens is 406 g/mol. The summed E-state index contributed by atoms with van der Waals surface area (Å²) in [6.45, 7) is 10.9. The lowest BCUT2D eigenvalue weighted by molar-refractivity contribution is -0.171. The minimum Gasteiger partial charge on any atom is -0.449 e. The number of carbonyl (C=O) groups excluding carboxylic acids is 4. The van der Waals surface area contributed by atoms with Crippen molar-refractivity contribution in [2.75, 3.05) is 20.8 Å². The molecule has 10 nitrogen and oxygen atoms in total. The number of nitrogens with zero attached hydrogens (tertiary/aromatic N) is 2. The monoisotopic (exact) mass is 443 g/mol. The van der Waals surface area contributed by atoms with E-state index in [1.54, 1.807) is 34.6 Å². The second kappa shape index (κ2) is 10.8. The van der Waals surface area contributed by atoms with Gasteiger partial charge in [0.2, 0.25) is 5.91 Å². The van der Waals surface area contributed by atoms with Crippen LogP contribution in [0.1, 0.15) is 67.2 Å². The van der Waals surface area contributed by atoms with E-state index in [2.05, 4.69) is 5.32 Å². The Balaban J connectivity index is 2.99. The highest BCUT2D eigenvalue weighted by Gasteiger charge is 2.50. The number of hydrogen-bond acceptors (Lipinski definition) is 7. The van der Waals surface area contributed by atoms with Crippen molar-refractivity contribution >= 4 is 24.0 Å². The van der Waals surface area contributed by atoms with E-state index in [1.165, 1.54) is 14.2 Å². The summed E-state index contributed by atoms with van der Waals surface area (Å²) in [4.78, 5) is 56.6. The van der Waals surface area contributed by atoms with Gasteiger partial charge in [0, 0.05) is 18.5 Å². The van der Waals surface area contributed by atoms with Crippen LogP contribution in [0.2, 0.25) is 0 Å². The molecule has 0 aromatic rings. The van der Waals surface area contributed by atoms with Gasteiger partial charge < -0.3 is 14.8 Å². The van der Waals surface area contributed by atoms with Gasteiger partial charge in [-0.1, -0.05) is 13.3 Å². The van der Waals surface area contributed by atoms with Gasteiger partial charge in [-0.15, -0.1) is 0 Å². The second-order valence-electron chi connectivity index (χ2n) is 9.31. The molecule has 0 aliphatic carbocycles. The van der Waals surface area contributed by atoms with Gasteiger partial charge in [-0.3, -0.25) is 14.4 Å².